The number of ether oxygens (including phenoxy) is 1. The summed E-state index contributed by atoms with van der Waals surface area (Å²) in [6.45, 7) is 5.72. The minimum Gasteiger partial charge on any atom is -0.444 e. The summed E-state index contributed by atoms with van der Waals surface area (Å²) in [6.07, 6.45) is 1.97. The van der Waals surface area contributed by atoms with Crippen LogP contribution in [0.2, 0.25) is 0 Å². The van der Waals surface area contributed by atoms with Gasteiger partial charge in [0, 0.05) is 25.5 Å². The van der Waals surface area contributed by atoms with Gasteiger partial charge in [0.1, 0.15) is 5.60 Å². The van der Waals surface area contributed by atoms with Crippen LogP contribution in [0.4, 0.5) is 9.18 Å². The molecule has 0 bridgehead atoms. The fourth-order valence-corrected chi connectivity index (χ4v) is 1.80. The molecule has 1 aromatic heterocycles. The first-order chi connectivity index (χ1) is 9.28. The quantitative estimate of drug-likeness (QED) is 0.771. The van der Waals surface area contributed by atoms with Crippen molar-refractivity contribution >= 4 is 11.9 Å². The second kappa shape index (κ2) is 5.15. The van der Waals surface area contributed by atoms with Crippen LogP contribution in [0.5, 0.6) is 0 Å². The fourth-order valence-electron chi connectivity index (χ4n) is 1.80. The molecule has 1 saturated heterocycles. The van der Waals surface area contributed by atoms with Crippen molar-refractivity contribution in [1.82, 2.24) is 14.9 Å². The Kier molecular flexibility index (Phi) is 3.69. The van der Waals surface area contributed by atoms with Crippen molar-refractivity contribution in [2.24, 2.45) is 5.92 Å². The third-order valence-corrected chi connectivity index (χ3v) is 2.79. The number of amides is 1. The minimum atomic E-state index is -0.881. The topological polar surface area (TPSA) is 72.4 Å². The van der Waals surface area contributed by atoms with Crippen LogP contribution in [-0.4, -0.2) is 45.4 Å². The minimum absolute atomic E-state index is 0.212. The number of halogens is 1. The number of ketones is 1. The summed E-state index contributed by atoms with van der Waals surface area (Å²) in [7, 11) is 0. The lowest BCUT2D eigenvalue weighted by atomic mass is 9.94. The lowest BCUT2D eigenvalue weighted by Gasteiger charge is -2.38. The Morgan fingerprint density at radius 2 is 1.90 bits per heavy atom. The SMILES string of the molecule is CC(C)(C)OC(=O)N1CC(C(=O)c2nccnc2F)C1. The molecule has 0 unspecified atom stereocenters. The van der Waals surface area contributed by atoms with E-state index in [1.807, 2.05) is 0 Å². The van der Waals surface area contributed by atoms with Gasteiger partial charge in [-0.25, -0.2) is 14.8 Å². The molecule has 0 spiro atoms. The van der Waals surface area contributed by atoms with Gasteiger partial charge in [-0.3, -0.25) is 4.79 Å². The van der Waals surface area contributed by atoms with Crippen molar-refractivity contribution < 1.29 is 18.7 Å². The first kappa shape index (κ1) is 14.4. The molecule has 2 rings (SSSR count). The third kappa shape index (κ3) is 3.09. The van der Waals surface area contributed by atoms with E-state index in [4.69, 9.17) is 4.74 Å². The average Bonchev–Trinajstić information content (AvgIpc) is 2.24. The summed E-state index contributed by atoms with van der Waals surface area (Å²) >= 11 is 0. The van der Waals surface area contributed by atoms with E-state index in [0.29, 0.717) is 0 Å². The zero-order valence-electron chi connectivity index (χ0n) is 11.6. The normalized spacial score (nSPS) is 15.7. The average molecular weight is 281 g/mol. The molecule has 1 aliphatic heterocycles. The molecule has 0 aromatic carbocycles. The van der Waals surface area contributed by atoms with Crippen LogP contribution in [0.1, 0.15) is 31.3 Å². The molecule has 6 nitrogen and oxygen atoms in total. The number of hydrogen-bond donors (Lipinski definition) is 0. The van der Waals surface area contributed by atoms with Crippen molar-refractivity contribution in [1.29, 1.82) is 0 Å². The van der Waals surface area contributed by atoms with Crippen LogP contribution in [0.3, 0.4) is 0 Å². The molecule has 1 aromatic rings. The number of nitrogens with zero attached hydrogens (tertiary/aromatic N) is 3. The summed E-state index contributed by atoms with van der Waals surface area (Å²) in [4.78, 5) is 32.2. The summed E-state index contributed by atoms with van der Waals surface area (Å²) in [5.74, 6) is -1.77. The maximum atomic E-state index is 13.3. The van der Waals surface area contributed by atoms with E-state index in [2.05, 4.69) is 9.97 Å². The molecule has 0 atom stereocenters. The summed E-state index contributed by atoms with van der Waals surface area (Å²) < 4.78 is 18.5. The predicted molar refractivity (Wildman–Crippen MR) is 67.6 cm³/mol. The Hall–Kier alpha value is -2.05. The van der Waals surface area contributed by atoms with E-state index < -0.39 is 29.3 Å². The van der Waals surface area contributed by atoms with Crippen molar-refractivity contribution in [3.05, 3.63) is 24.0 Å². The number of carbonyl (C=O) groups excluding carboxylic acids is 2. The smallest absolute Gasteiger partial charge is 0.410 e. The first-order valence-electron chi connectivity index (χ1n) is 6.26. The van der Waals surface area contributed by atoms with Gasteiger partial charge in [0.25, 0.3) is 0 Å². The highest BCUT2D eigenvalue weighted by Crippen LogP contribution is 2.22. The Balaban J connectivity index is 1.92. The molecular weight excluding hydrogens is 265 g/mol. The molecule has 0 N–H and O–H groups in total. The lowest BCUT2D eigenvalue weighted by molar-refractivity contribution is 0.00134. The van der Waals surface area contributed by atoms with Gasteiger partial charge in [0.15, 0.2) is 11.5 Å². The number of carbonyl (C=O) groups is 2. The summed E-state index contributed by atoms with van der Waals surface area (Å²) in [5, 5.41) is 0. The summed E-state index contributed by atoms with van der Waals surface area (Å²) in [6, 6.07) is 0. The molecule has 0 radical (unpaired) electrons. The maximum absolute atomic E-state index is 13.3. The first-order valence-corrected chi connectivity index (χ1v) is 6.26. The van der Waals surface area contributed by atoms with Gasteiger partial charge in [-0.2, -0.15) is 4.39 Å². The van der Waals surface area contributed by atoms with E-state index in [0.717, 1.165) is 0 Å². The van der Waals surface area contributed by atoms with Crippen molar-refractivity contribution in [3.8, 4) is 0 Å². The highest BCUT2D eigenvalue weighted by Gasteiger charge is 2.39. The van der Waals surface area contributed by atoms with Crippen LogP contribution in [-0.2, 0) is 4.74 Å². The van der Waals surface area contributed by atoms with Crippen molar-refractivity contribution in [2.75, 3.05) is 13.1 Å². The zero-order valence-corrected chi connectivity index (χ0v) is 11.6. The maximum Gasteiger partial charge on any atom is 0.410 e. The van der Waals surface area contributed by atoms with Crippen LogP contribution >= 0.6 is 0 Å². The molecule has 1 fully saturated rings. The van der Waals surface area contributed by atoms with Gasteiger partial charge in [0.05, 0.1) is 5.92 Å². The van der Waals surface area contributed by atoms with Gasteiger partial charge in [0.2, 0.25) is 5.95 Å². The van der Waals surface area contributed by atoms with E-state index in [-0.39, 0.29) is 18.8 Å². The number of rotatable bonds is 2. The Morgan fingerprint density at radius 1 is 1.30 bits per heavy atom. The molecule has 7 heteroatoms. The number of Topliss-reactive ketones (excluding diaryl/α,β-unsaturated/α-hetero) is 1. The van der Waals surface area contributed by atoms with Crippen LogP contribution in [0.25, 0.3) is 0 Å². The third-order valence-electron chi connectivity index (χ3n) is 2.79. The van der Waals surface area contributed by atoms with Gasteiger partial charge in [-0.1, -0.05) is 0 Å². The Bertz CT molecular complexity index is 536. The van der Waals surface area contributed by atoms with Gasteiger partial charge in [-0.05, 0) is 20.8 Å². The Labute approximate surface area is 116 Å². The number of likely N-dealkylation sites (tertiary alicyclic amines) is 1. The van der Waals surface area contributed by atoms with Crippen molar-refractivity contribution in [3.63, 3.8) is 0 Å². The van der Waals surface area contributed by atoms with Gasteiger partial charge >= 0.3 is 6.09 Å². The molecule has 1 amide bonds. The highest BCUT2D eigenvalue weighted by atomic mass is 19.1. The monoisotopic (exact) mass is 281 g/mol. The molecule has 108 valence electrons. The molecule has 2 heterocycles. The molecule has 0 aliphatic carbocycles. The van der Waals surface area contributed by atoms with Crippen molar-refractivity contribution in [2.45, 2.75) is 26.4 Å². The number of aromatic nitrogens is 2. The second-order valence-corrected chi connectivity index (χ2v) is 5.64. The van der Waals surface area contributed by atoms with Gasteiger partial charge < -0.3 is 9.64 Å². The standard InChI is InChI=1S/C13H16FN3O3/c1-13(2,3)20-12(19)17-6-8(7-17)10(18)9-11(14)16-5-4-15-9/h4-5,8H,6-7H2,1-3H3. The zero-order chi connectivity index (χ0) is 14.9. The highest BCUT2D eigenvalue weighted by molar-refractivity contribution is 5.97. The second-order valence-electron chi connectivity index (χ2n) is 5.64. The van der Waals surface area contributed by atoms with E-state index in [1.54, 1.807) is 20.8 Å². The molecule has 0 saturated carbocycles. The number of hydrogen-bond acceptors (Lipinski definition) is 5. The van der Waals surface area contributed by atoms with Gasteiger partial charge in [-0.15, -0.1) is 0 Å². The molecule has 20 heavy (non-hydrogen) atoms. The molecular formula is C13H16FN3O3. The van der Waals surface area contributed by atoms with Crippen LogP contribution in [0, 0.1) is 11.9 Å². The van der Waals surface area contributed by atoms with E-state index in [9.17, 15) is 14.0 Å². The predicted octanol–water partition coefficient (Wildman–Crippen LogP) is 1.67. The lowest BCUT2D eigenvalue weighted by Crippen LogP contribution is -2.54. The summed E-state index contributed by atoms with van der Waals surface area (Å²) in [5.41, 5.74) is -0.857. The van der Waals surface area contributed by atoms with Crippen LogP contribution < -0.4 is 0 Å². The van der Waals surface area contributed by atoms with E-state index >= 15 is 0 Å². The molecule has 1 aliphatic rings. The van der Waals surface area contributed by atoms with E-state index in [1.165, 1.54) is 17.3 Å². The largest absolute Gasteiger partial charge is 0.444 e. The van der Waals surface area contributed by atoms with Crippen LogP contribution in [0.15, 0.2) is 12.4 Å². The fraction of sp³-hybridized carbons (Fsp3) is 0.538. The Morgan fingerprint density at radius 3 is 2.45 bits per heavy atom.